The van der Waals surface area contributed by atoms with Crippen molar-refractivity contribution >= 4 is 5.69 Å². The average Bonchev–Trinajstić information content (AvgIpc) is 2.43. The lowest BCUT2D eigenvalue weighted by molar-refractivity contribution is 0.244. The summed E-state index contributed by atoms with van der Waals surface area (Å²) in [5.41, 5.74) is 1.04. The van der Waals surface area contributed by atoms with Gasteiger partial charge < -0.3 is 20.1 Å². The summed E-state index contributed by atoms with van der Waals surface area (Å²) in [5.74, 6) is 0.854. The first-order valence-corrected chi connectivity index (χ1v) is 6.41. The van der Waals surface area contributed by atoms with E-state index in [1.54, 1.807) is 7.11 Å². The van der Waals surface area contributed by atoms with Gasteiger partial charge in [-0.3, -0.25) is 0 Å². The first-order valence-electron chi connectivity index (χ1n) is 6.41. The largest absolute Gasteiger partial charge is 0.495 e. The summed E-state index contributed by atoms with van der Waals surface area (Å²) < 4.78 is 5.34. The first kappa shape index (κ1) is 14.8. The van der Waals surface area contributed by atoms with Gasteiger partial charge in [-0.25, -0.2) is 0 Å². The maximum atomic E-state index is 9.35. The summed E-state index contributed by atoms with van der Waals surface area (Å²) in [6, 6.07) is 7.99. The second-order valence-corrected chi connectivity index (χ2v) is 4.39. The number of nitrogens with zero attached hydrogens (tertiary/aromatic N) is 1. The number of aliphatic hydroxyl groups excluding tert-OH is 1. The predicted molar refractivity (Wildman–Crippen MR) is 75.4 cm³/mol. The van der Waals surface area contributed by atoms with Crippen molar-refractivity contribution in [2.75, 3.05) is 38.8 Å². The highest BCUT2D eigenvalue weighted by Gasteiger charge is 2.12. The van der Waals surface area contributed by atoms with Gasteiger partial charge in [-0.05, 0) is 25.1 Å². The predicted octanol–water partition coefficient (Wildman–Crippen LogP) is 1.49. The van der Waals surface area contributed by atoms with Crippen LogP contribution in [0, 0.1) is 0 Å². The Kier molecular flexibility index (Phi) is 6.54. The van der Waals surface area contributed by atoms with Crippen molar-refractivity contribution in [3.05, 3.63) is 24.3 Å². The van der Waals surface area contributed by atoms with E-state index in [1.165, 1.54) is 0 Å². The molecule has 0 bridgehead atoms. The Bertz CT molecular complexity index is 344. The highest BCUT2D eigenvalue weighted by molar-refractivity contribution is 5.57. The number of aliphatic hydroxyl groups is 1. The number of hydrogen-bond acceptors (Lipinski definition) is 4. The molecule has 102 valence electrons. The summed E-state index contributed by atoms with van der Waals surface area (Å²) >= 11 is 0. The Labute approximate surface area is 110 Å². The van der Waals surface area contributed by atoms with Crippen LogP contribution in [0.4, 0.5) is 5.69 Å². The summed E-state index contributed by atoms with van der Waals surface area (Å²) in [6.07, 6.45) is 1.06. The van der Waals surface area contributed by atoms with Gasteiger partial charge in [0.1, 0.15) is 5.75 Å². The van der Waals surface area contributed by atoms with E-state index < -0.39 is 0 Å². The fraction of sp³-hybridized carbons (Fsp3) is 0.571. The lowest BCUT2D eigenvalue weighted by Gasteiger charge is -2.26. The molecule has 18 heavy (non-hydrogen) atoms. The normalized spacial score (nSPS) is 12.2. The number of anilines is 1. The van der Waals surface area contributed by atoms with Gasteiger partial charge in [0, 0.05) is 19.6 Å². The minimum atomic E-state index is 0.0832. The van der Waals surface area contributed by atoms with Crippen LogP contribution in [0.2, 0.25) is 0 Å². The second-order valence-electron chi connectivity index (χ2n) is 4.39. The number of methoxy groups -OCH3 is 1. The van der Waals surface area contributed by atoms with E-state index in [0.717, 1.165) is 30.9 Å². The first-order chi connectivity index (χ1) is 8.72. The van der Waals surface area contributed by atoms with E-state index >= 15 is 0 Å². The van der Waals surface area contributed by atoms with Gasteiger partial charge in [0.25, 0.3) is 0 Å². The number of rotatable bonds is 8. The molecule has 0 saturated carbocycles. The number of ether oxygens (including phenoxy) is 1. The molecule has 4 heteroatoms. The minimum Gasteiger partial charge on any atom is -0.495 e. The Morgan fingerprint density at radius 2 is 2.11 bits per heavy atom. The molecule has 0 aromatic heterocycles. The van der Waals surface area contributed by atoms with Crippen LogP contribution in [-0.4, -0.2) is 45.0 Å². The van der Waals surface area contributed by atoms with Crippen molar-refractivity contribution < 1.29 is 9.84 Å². The lowest BCUT2D eigenvalue weighted by atomic mass is 10.2. The highest BCUT2D eigenvalue weighted by atomic mass is 16.5. The quantitative estimate of drug-likeness (QED) is 0.736. The van der Waals surface area contributed by atoms with Crippen molar-refractivity contribution in [1.82, 2.24) is 5.32 Å². The summed E-state index contributed by atoms with van der Waals surface area (Å²) in [5, 5.41) is 12.7. The van der Waals surface area contributed by atoms with Crippen LogP contribution in [0.1, 0.15) is 13.3 Å². The monoisotopic (exact) mass is 252 g/mol. The maximum Gasteiger partial charge on any atom is 0.142 e. The van der Waals surface area contributed by atoms with Gasteiger partial charge >= 0.3 is 0 Å². The molecule has 2 N–H and O–H groups in total. The third-order valence-corrected chi connectivity index (χ3v) is 2.89. The van der Waals surface area contributed by atoms with Crippen LogP contribution in [0.25, 0.3) is 0 Å². The molecular formula is C14H24N2O2. The van der Waals surface area contributed by atoms with E-state index in [2.05, 4.69) is 17.1 Å². The summed E-state index contributed by atoms with van der Waals surface area (Å²) in [4.78, 5) is 2.10. The molecule has 0 fully saturated rings. The molecular weight excluding hydrogens is 228 g/mol. The second kappa shape index (κ2) is 7.95. The zero-order valence-corrected chi connectivity index (χ0v) is 11.5. The van der Waals surface area contributed by atoms with Crippen LogP contribution in [0.5, 0.6) is 5.75 Å². The number of likely N-dealkylation sites (N-methyl/N-ethyl adjacent to an activating group) is 1. The van der Waals surface area contributed by atoms with E-state index in [1.807, 2.05) is 31.3 Å². The fourth-order valence-corrected chi connectivity index (χ4v) is 1.91. The molecule has 0 aliphatic rings. The van der Waals surface area contributed by atoms with Gasteiger partial charge in [0.05, 0.1) is 19.4 Å². The summed E-state index contributed by atoms with van der Waals surface area (Å²) in [6.45, 7) is 3.92. The molecule has 1 unspecified atom stereocenters. The Morgan fingerprint density at radius 3 is 2.72 bits per heavy atom. The minimum absolute atomic E-state index is 0.0832. The van der Waals surface area contributed by atoms with Crippen LogP contribution in [0.15, 0.2) is 24.3 Å². The van der Waals surface area contributed by atoms with Gasteiger partial charge in [0.2, 0.25) is 0 Å². The molecule has 1 aromatic rings. The molecule has 1 rings (SSSR count). The zero-order chi connectivity index (χ0) is 13.4. The van der Waals surface area contributed by atoms with Crippen molar-refractivity contribution in [2.45, 2.75) is 19.4 Å². The maximum absolute atomic E-state index is 9.35. The number of nitrogens with one attached hydrogen (secondary N) is 1. The van der Waals surface area contributed by atoms with Crippen LogP contribution in [0.3, 0.4) is 0 Å². The van der Waals surface area contributed by atoms with Crippen molar-refractivity contribution in [3.8, 4) is 5.75 Å². The average molecular weight is 252 g/mol. The summed E-state index contributed by atoms with van der Waals surface area (Å²) in [7, 11) is 3.68. The molecule has 0 amide bonds. The molecule has 0 heterocycles. The van der Waals surface area contributed by atoms with E-state index in [-0.39, 0.29) is 12.6 Å². The third-order valence-electron chi connectivity index (χ3n) is 2.89. The van der Waals surface area contributed by atoms with Crippen molar-refractivity contribution in [2.24, 2.45) is 0 Å². The molecule has 4 nitrogen and oxygen atoms in total. The lowest BCUT2D eigenvalue weighted by Crippen LogP contribution is -2.42. The van der Waals surface area contributed by atoms with Crippen molar-refractivity contribution in [1.29, 1.82) is 0 Å². The van der Waals surface area contributed by atoms with Crippen LogP contribution < -0.4 is 15.0 Å². The molecule has 1 aromatic carbocycles. The van der Waals surface area contributed by atoms with Gasteiger partial charge in [-0.15, -0.1) is 0 Å². The molecule has 0 radical (unpaired) electrons. The number of para-hydroxylation sites is 2. The number of hydrogen-bond donors (Lipinski definition) is 2. The van der Waals surface area contributed by atoms with Gasteiger partial charge in [-0.1, -0.05) is 19.1 Å². The van der Waals surface area contributed by atoms with Crippen LogP contribution in [-0.2, 0) is 0 Å². The van der Waals surface area contributed by atoms with Crippen LogP contribution >= 0.6 is 0 Å². The highest BCUT2D eigenvalue weighted by Crippen LogP contribution is 2.26. The Balaban J connectivity index is 2.65. The smallest absolute Gasteiger partial charge is 0.142 e. The molecule has 0 spiro atoms. The molecule has 0 aliphatic heterocycles. The zero-order valence-electron chi connectivity index (χ0n) is 11.5. The standard InChI is InChI=1S/C14H24N2O2/c1-4-9-15-12(11-17)10-16(2)13-7-5-6-8-14(13)18-3/h5-8,12,15,17H,4,9-11H2,1-3H3. The van der Waals surface area contributed by atoms with Crippen molar-refractivity contribution in [3.63, 3.8) is 0 Å². The molecule has 0 saturated heterocycles. The van der Waals surface area contributed by atoms with Gasteiger partial charge in [0.15, 0.2) is 0 Å². The number of benzene rings is 1. The SMILES string of the molecule is CCCNC(CO)CN(C)c1ccccc1OC. The Hall–Kier alpha value is -1.26. The van der Waals surface area contributed by atoms with E-state index in [4.69, 9.17) is 4.74 Å². The van der Waals surface area contributed by atoms with Gasteiger partial charge in [-0.2, -0.15) is 0 Å². The third kappa shape index (κ3) is 4.20. The Morgan fingerprint density at radius 1 is 1.39 bits per heavy atom. The molecule has 1 atom stereocenters. The van der Waals surface area contributed by atoms with E-state index in [9.17, 15) is 5.11 Å². The topological polar surface area (TPSA) is 44.7 Å². The van der Waals surface area contributed by atoms with E-state index in [0.29, 0.717) is 0 Å². The molecule has 0 aliphatic carbocycles. The fourth-order valence-electron chi connectivity index (χ4n) is 1.91.